The first-order valence-electron chi connectivity index (χ1n) is 6.97. The second-order valence-electron chi connectivity index (χ2n) is 4.76. The molecule has 0 aliphatic heterocycles. The van der Waals surface area contributed by atoms with Gasteiger partial charge in [-0.25, -0.2) is 0 Å². The third-order valence-electron chi connectivity index (χ3n) is 3.04. The fraction of sp³-hybridized carbons (Fsp3) is 0.467. The average molecular weight is 277 g/mol. The highest BCUT2D eigenvalue weighted by molar-refractivity contribution is 5.96. The molecule has 0 aliphatic carbocycles. The lowest BCUT2D eigenvalue weighted by molar-refractivity contribution is -0.119. The normalized spacial score (nSPS) is 11.8. The quantitative estimate of drug-likeness (QED) is 0.710. The number of carbonyl (C=O) groups excluding carboxylic acids is 2. The number of anilines is 1. The van der Waals surface area contributed by atoms with Crippen LogP contribution in [0, 0.1) is 5.92 Å². The Labute approximate surface area is 119 Å². The Morgan fingerprint density at radius 2 is 1.90 bits per heavy atom. The van der Waals surface area contributed by atoms with Gasteiger partial charge in [0.15, 0.2) is 0 Å². The van der Waals surface area contributed by atoms with E-state index >= 15 is 0 Å². The highest BCUT2D eigenvalue weighted by Gasteiger charge is 2.12. The molecule has 20 heavy (non-hydrogen) atoms. The van der Waals surface area contributed by atoms with E-state index in [9.17, 15) is 9.59 Å². The number of rotatable bonds is 7. The zero-order valence-electron chi connectivity index (χ0n) is 12.1. The van der Waals surface area contributed by atoms with Gasteiger partial charge in [-0.2, -0.15) is 0 Å². The summed E-state index contributed by atoms with van der Waals surface area (Å²) < 4.78 is 0. The lowest BCUT2D eigenvalue weighted by Gasteiger charge is -2.12. The van der Waals surface area contributed by atoms with E-state index in [1.54, 1.807) is 24.3 Å². The molecule has 0 fully saturated rings. The monoisotopic (exact) mass is 277 g/mol. The molecule has 0 aliphatic rings. The summed E-state index contributed by atoms with van der Waals surface area (Å²) in [5.41, 5.74) is 6.71. The minimum Gasteiger partial charge on any atom is -0.352 e. The van der Waals surface area contributed by atoms with E-state index in [1.165, 1.54) is 0 Å². The van der Waals surface area contributed by atoms with E-state index in [2.05, 4.69) is 10.6 Å². The molecule has 1 atom stereocenters. The SMILES string of the molecule is CCNC(=O)c1ccc(NC(=O)C(C)CCCN)cc1. The van der Waals surface area contributed by atoms with E-state index in [-0.39, 0.29) is 17.7 Å². The molecule has 0 heterocycles. The van der Waals surface area contributed by atoms with Gasteiger partial charge in [0.25, 0.3) is 5.91 Å². The first-order chi connectivity index (χ1) is 9.58. The third-order valence-corrected chi connectivity index (χ3v) is 3.04. The topological polar surface area (TPSA) is 84.2 Å². The minimum absolute atomic E-state index is 0.0239. The molecule has 0 saturated carbocycles. The number of amides is 2. The molecule has 1 unspecified atom stereocenters. The first-order valence-corrected chi connectivity index (χ1v) is 6.97. The molecule has 0 spiro atoms. The number of nitrogens with two attached hydrogens (primary N) is 1. The van der Waals surface area contributed by atoms with E-state index < -0.39 is 0 Å². The van der Waals surface area contributed by atoms with Crippen molar-refractivity contribution in [2.75, 3.05) is 18.4 Å². The smallest absolute Gasteiger partial charge is 0.251 e. The van der Waals surface area contributed by atoms with E-state index in [0.717, 1.165) is 12.8 Å². The number of carbonyl (C=O) groups is 2. The van der Waals surface area contributed by atoms with Crippen LogP contribution in [0.3, 0.4) is 0 Å². The van der Waals surface area contributed by atoms with Crippen molar-refractivity contribution in [1.82, 2.24) is 5.32 Å². The fourth-order valence-electron chi connectivity index (χ4n) is 1.79. The summed E-state index contributed by atoms with van der Waals surface area (Å²) in [6, 6.07) is 6.87. The van der Waals surface area contributed by atoms with Gasteiger partial charge >= 0.3 is 0 Å². The van der Waals surface area contributed by atoms with Crippen LogP contribution in [0.25, 0.3) is 0 Å². The molecular formula is C15H23N3O2. The van der Waals surface area contributed by atoms with Gasteiger partial charge in [-0.3, -0.25) is 9.59 Å². The fourth-order valence-corrected chi connectivity index (χ4v) is 1.79. The number of benzene rings is 1. The number of hydrogen-bond acceptors (Lipinski definition) is 3. The maximum atomic E-state index is 11.9. The van der Waals surface area contributed by atoms with Crippen LogP contribution in [0.1, 0.15) is 37.0 Å². The predicted molar refractivity (Wildman–Crippen MR) is 80.5 cm³/mol. The molecule has 1 aromatic carbocycles. The highest BCUT2D eigenvalue weighted by Crippen LogP contribution is 2.13. The Balaban J connectivity index is 2.56. The Kier molecular flexibility index (Phi) is 6.73. The largest absolute Gasteiger partial charge is 0.352 e. The van der Waals surface area contributed by atoms with Crippen molar-refractivity contribution in [3.63, 3.8) is 0 Å². The molecule has 110 valence electrons. The van der Waals surface area contributed by atoms with Crippen LogP contribution in [0.15, 0.2) is 24.3 Å². The standard InChI is InChI=1S/C15H23N3O2/c1-3-17-15(20)12-6-8-13(9-7-12)18-14(19)11(2)5-4-10-16/h6-9,11H,3-5,10,16H2,1-2H3,(H,17,20)(H,18,19). The van der Waals surface area contributed by atoms with Gasteiger partial charge in [0.1, 0.15) is 0 Å². The van der Waals surface area contributed by atoms with Crippen LogP contribution in [-0.4, -0.2) is 24.9 Å². The van der Waals surface area contributed by atoms with Crippen molar-refractivity contribution >= 4 is 17.5 Å². The molecule has 5 heteroatoms. The van der Waals surface area contributed by atoms with Crippen LogP contribution in [0.5, 0.6) is 0 Å². The summed E-state index contributed by atoms with van der Waals surface area (Å²) in [6.07, 6.45) is 1.62. The van der Waals surface area contributed by atoms with Gasteiger partial charge in [-0.15, -0.1) is 0 Å². The Morgan fingerprint density at radius 1 is 1.25 bits per heavy atom. The summed E-state index contributed by atoms with van der Waals surface area (Å²) in [6.45, 7) is 4.94. The van der Waals surface area contributed by atoms with Crippen LogP contribution < -0.4 is 16.4 Å². The van der Waals surface area contributed by atoms with Crippen molar-refractivity contribution < 1.29 is 9.59 Å². The molecule has 1 rings (SSSR count). The lowest BCUT2D eigenvalue weighted by atomic mass is 10.0. The Morgan fingerprint density at radius 3 is 2.45 bits per heavy atom. The van der Waals surface area contributed by atoms with Gasteiger partial charge < -0.3 is 16.4 Å². The Hall–Kier alpha value is -1.88. The van der Waals surface area contributed by atoms with Crippen LogP contribution in [-0.2, 0) is 4.79 Å². The van der Waals surface area contributed by atoms with Gasteiger partial charge in [0.05, 0.1) is 0 Å². The van der Waals surface area contributed by atoms with Crippen LogP contribution in [0.4, 0.5) is 5.69 Å². The zero-order chi connectivity index (χ0) is 15.0. The van der Waals surface area contributed by atoms with Gasteiger partial charge in [-0.05, 0) is 50.6 Å². The minimum atomic E-state index is -0.110. The first kappa shape index (κ1) is 16.2. The lowest BCUT2D eigenvalue weighted by Crippen LogP contribution is -2.23. The highest BCUT2D eigenvalue weighted by atomic mass is 16.2. The molecule has 0 saturated heterocycles. The zero-order valence-corrected chi connectivity index (χ0v) is 12.1. The third kappa shape index (κ3) is 5.01. The van der Waals surface area contributed by atoms with Crippen molar-refractivity contribution in [2.45, 2.75) is 26.7 Å². The summed E-state index contributed by atoms with van der Waals surface area (Å²) in [5, 5.41) is 5.56. The van der Waals surface area contributed by atoms with Gasteiger partial charge in [0, 0.05) is 23.7 Å². The van der Waals surface area contributed by atoms with Crippen molar-refractivity contribution in [3.8, 4) is 0 Å². The summed E-state index contributed by atoms with van der Waals surface area (Å²) in [7, 11) is 0. The molecule has 2 amide bonds. The van der Waals surface area contributed by atoms with Crippen LogP contribution in [0.2, 0.25) is 0 Å². The van der Waals surface area contributed by atoms with Gasteiger partial charge in [-0.1, -0.05) is 6.92 Å². The number of nitrogens with one attached hydrogen (secondary N) is 2. The van der Waals surface area contributed by atoms with E-state index in [1.807, 2.05) is 13.8 Å². The number of hydrogen-bond donors (Lipinski definition) is 3. The Bertz CT molecular complexity index is 443. The average Bonchev–Trinajstić information content (AvgIpc) is 2.45. The molecule has 1 aromatic rings. The van der Waals surface area contributed by atoms with E-state index in [0.29, 0.717) is 24.3 Å². The predicted octanol–water partition coefficient (Wildman–Crippen LogP) is 1.75. The second kappa shape index (κ2) is 8.32. The van der Waals surface area contributed by atoms with Crippen LogP contribution >= 0.6 is 0 Å². The molecular weight excluding hydrogens is 254 g/mol. The molecule has 4 N–H and O–H groups in total. The van der Waals surface area contributed by atoms with Gasteiger partial charge in [0.2, 0.25) is 5.91 Å². The summed E-state index contributed by atoms with van der Waals surface area (Å²) in [5.74, 6) is -0.201. The summed E-state index contributed by atoms with van der Waals surface area (Å²) in [4.78, 5) is 23.5. The maximum absolute atomic E-state index is 11.9. The van der Waals surface area contributed by atoms with Crippen molar-refractivity contribution in [3.05, 3.63) is 29.8 Å². The van der Waals surface area contributed by atoms with E-state index in [4.69, 9.17) is 5.73 Å². The molecule has 0 bridgehead atoms. The summed E-state index contributed by atoms with van der Waals surface area (Å²) >= 11 is 0. The molecule has 5 nitrogen and oxygen atoms in total. The second-order valence-corrected chi connectivity index (χ2v) is 4.76. The van der Waals surface area contributed by atoms with Crippen molar-refractivity contribution in [1.29, 1.82) is 0 Å². The molecule has 0 radical (unpaired) electrons. The maximum Gasteiger partial charge on any atom is 0.251 e. The van der Waals surface area contributed by atoms with Crippen molar-refractivity contribution in [2.24, 2.45) is 11.7 Å². The molecule has 0 aromatic heterocycles.